The molecule has 2 rings (SSSR count). The van der Waals surface area contributed by atoms with Gasteiger partial charge in [0.1, 0.15) is 0 Å². The van der Waals surface area contributed by atoms with Crippen LogP contribution in [0.25, 0.3) is 0 Å². The maximum atomic E-state index is 5.77. The van der Waals surface area contributed by atoms with E-state index in [0.29, 0.717) is 5.15 Å². The molecule has 0 amide bonds. The first-order chi connectivity index (χ1) is 8.24. The average Bonchev–Trinajstić information content (AvgIpc) is 2.32. The Labute approximate surface area is 107 Å². The van der Waals surface area contributed by atoms with Gasteiger partial charge >= 0.3 is 0 Å². The summed E-state index contributed by atoms with van der Waals surface area (Å²) < 4.78 is 0. The molecule has 2 heterocycles. The Kier molecular flexibility index (Phi) is 4.57. The Morgan fingerprint density at radius 2 is 2.24 bits per heavy atom. The predicted molar refractivity (Wildman–Crippen MR) is 70.4 cm³/mol. The van der Waals surface area contributed by atoms with Crippen molar-refractivity contribution >= 4 is 17.3 Å². The van der Waals surface area contributed by atoms with Crippen molar-refractivity contribution < 1.29 is 0 Å². The van der Waals surface area contributed by atoms with Crippen LogP contribution in [0, 0.1) is 5.92 Å². The lowest BCUT2D eigenvalue weighted by molar-refractivity contribution is 0.215. The molecule has 1 N–H and O–H groups in total. The number of hydrogen-bond acceptors (Lipinski definition) is 4. The molecule has 1 aliphatic rings. The summed E-state index contributed by atoms with van der Waals surface area (Å²) in [6.45, 7) is 3.44. The van der Waals surface area contributed by atoms with E-state index in [1.165, 1.54) is 32.4 Å². The van der Waals surface area contributed by atoms with Gasteiger partial charge in [0.15, 0.2) is 5.15 Å². The van der Waals surface area contributed by atoms with E-state index in [0.717, 1.165) is 18.2 Å². The van der Waals surface area contributed by atoms with Crippen molar-refractivity contribution in [3.05, 3.63) is 17.4 Å². The van der Waals surface area contributed by atoms with Crippen LogP contribution in [-0.4, -0.2) is 41.8 Å². The van der Waals surface area contributed by atoms with Gasteiger partial charge in [-0.05, 0) is 45.3 Å². The third-order valence-corrected chi connectivity index (χ3v) is 3.53. The minimum absolute atomic E-state index is 0.439. The van der Waals surface area contributed by atoms with Crippen LogP contribution in [0.3, 0.4) is 0 Å². The van der Waals surface area contributed by atoms with E-state index in [-0.39, 0.29) is 0 Å². The summed E-state index contributed by atoms with van der Waals surface area (Å²) >= 11 is 5.77. The quantitative estimate of drug-likeness (QED) is 0.895. The van der Waals surface area contributed by atoms with Crippen LogP contribution in [0.1, 0.15) is 19.3 Å². The maximum absolute atomic E-state index is 5.77. The molecule has 0 saturated carbocycles. The van der Waals surface area contributed by atoms with Gasteiger partial charge < -0.3 is 10.2 Å². The standard InChI is InChI=1S/C12H19ClN4/c1-17-6-3-10(4-7-17)2-5-14-11-8-12(13)16-15-9-11/h8-10H,2-7H2,1H3,(H,14,16). The number of piperidine rings is 1. The number of anilines is 1. The number of nitrogens with zero attached hydrogens (tertiary/aromatic N) is 3. The van der Waals surface area contributed by atoms with E-state index in [1.807, 2.05) is 6.07 Å². The molecule has 4 nitrogen and oxygen atoms in total. The molecule has 1 fully saturated rings. The van der Waals surface area contributed by atoms with Gasteiger partial charge in [-0.15, -0.1) is 5.10 Å². The summed E-state index contributed by atoms with van der Waals surface area (Å²) in [6, 6.07) is 1.81. The van der Waals surface area contributed by atoms with E-state index >= 15 is 0 Å². The lowest BCUT2D eigenvalue weighted by Crippen LogP contribution is -2.30. The fourth-order valence-electron chi connectivity index (χ4n) is 2.21. The van der Waals surface area contributed by atoms with Crippen LogP contribution in [-0.2, 0) is 0 Å². The monoisotopic (exact) mass is 254 g/mol. The van der Waals surface area contributed by atoms with Gasteiger partial charge in [-0.1, -0.05) is 11.6 Å². The van der Waals surface area contributed by atoms with Crippen molar-refractivity contribution in [1.82, 2.24) is 15.1 Å². The predicted octanol–water partition coefficient (Wildman–Crippen LogP) is 2.27. The molecule has 1 aromatic heterocycles. The third-order valence-electron chi connectivity index (χ3n) is 3.34. The van der Waals surface area contributed by atoms with Gasteiger partial charge in [-0.25, -0.2) is 0 Å². The molecule has 1 saturated heterocycles. The molecule has 5 heteroatoms. The lowest BCUT2D eigenvalue weighted by atomic mass is 9.94. The Balaban J connectivity index is 1.69. The van der Waals surface area contributed by atoms with E-state index in [1.54, 1.807) is 6.20 Å². The highest BCUT2D eigenvalue weighted by atomic mass is 35.5. The van der Waals surface area contributed by atoms with E-state index in [4.69, 9.17) is 11.6 Å². The molecule has 94 valence electrons. The Morgan fingerprint density at radius 3 is 2.94 bits per heavy atom. The fraction of sp³-hybridized carbons (Fsp3) is 0.667. The van der Waals surface area contributed by atoms with Crippen molar-refractivity contribution in [3.8, 4) is 0 Å². The summed E-state index contributed by atoms with van der Waals surface area (Å²) in [5.74, 6) is 0.851. The summed E-state index contributed by atoms with van der Waals surface area (Å²) in [5, 5.41) is 11.3. The van der Waals surface area contributed by atoms with E-state index in [2.05, 4.69) is 27.5 Å². The second kappa shape index (κ2) is 6.17. The van der Waals surface area contributed by atoms with Crippen LogP contribution in [0.15, 0.2) is 12.3 Å². The highest BCUT2D eigenvalue weighted by Gasteiger charge is 2.15. The molecule has 0 aromatic carbocycles. The molecular formula is C12H19ClN4. The maximum Gasteiger partial charge on any atom is 0.153 e. The summed E-state index contributed by atoms with van der Waals surface area (Å²) in [4.78, 5) is 2.40. The Hall–Kier alpha value is -0.870. The Bertz CT molecular complexity index is 350. The third kappa shape index (κ3) is 4.13. The van der Waals surface area contributed by atoms with Crippen LogP contribution in [0.5, 0.6) is 0 Å². The molecule has 0 atom stereocenters. The second-order valence-corrected chi connectivity index (χ2v) is 5.12. The zero-order valence-corrected chi connectivity index (χ0v) is 11.0. The fourth-order valence-corrected chi connectivity index (χ4v) is 2.37. The molecule has 0 unspecified atom stereocenters. The topological polar surface area (TPSA) is 41.0 Å². The largest absolute Gasteiger partial charge is 0.384 e. The summed E-state index contributed by atoms with van der Waals surface area (Å²) in [6.07, 6.45) is 5.55. The first-order valence-corrected chi connectivity index (χ1v) is 6.52. The van der Waals surface area contributed by atoms with Gasteiger partial charge in [0, 0.05) is 12.6 Å². The summed E-state index contributed by atoms with van der Waals surface area (Å²) in [7, 11) is 2.19. The highest BCUT2D eigenvalue weighted by Crippen LogP contribution is 2.19. The van der Waals surface area contributed by atoms with E-state index < -0.39 is 0 Å². The first kappa shape index (κ1) is 12.6. The second-order valence-electron chi connectivity index (χ2n) is 4.73. The van der Waals surface area contributed by atoms with Gasteiger partial charge in [-0.2, -0.15) is 5.10 Å². The number of nitrogens with one attached hydrogen (secondary N) is 1. The molecule has 0 spiro atoms. The molecule has 1 aliphatic heterocycles. The first-order valence-electron chi connectivity index (χ1n) is 6.14. The number of halogens is 1. The molecule has 0 aliphatic carbocycles. The minimum atomic E-state index is 0.439. The average molecular weight is 255 g/mol. The smallest absolute Gasteiger partial charge is 0.153 e. The molecular weight excluding hydrogens is 236 g/mol. The molecule has 0 bridgehead atoms. The molecule has 17 heavy (non-hydrogen) atoms. The van der Waals surface area contributed by atoms with Crippen molar-refractivity contribution in [2.24, 2.45) is 5.92 Å². The minimum Gasteiger partial charge on any atom is -0.384 e. The molecule has 1 aromatic rings. The number of rotatable bonds is 4. The van der Waals surface area contributed by atoms with Crippen molar-refractivity contribution in [2.45, 2.75) is 19.3 Å². The normalized spacial score (nSPS) is 18.2. The Morgan fingerprint density at radius 1 is 1.47 bits per heavy atom. The number of aromatic nitrogens is 2. The number of likely N-dealkylation sites (tertiary alicyclic amines) is 1. The van der Waals surface area contributed by atoms with Crippen molar-refractivity contribution in [3.63, 3.8) is 0 Å². The van der Waals surface area contributed by atoms with Gasteiger partial charge in [0.25, 0.3) is 0 Å². The zero-order valence-electron chi connectivity index (χ0n) is 10.2. The summed E-state index contributed by atoms with van der Waals surface area (Å²) in [5.41, 5.74) is 0.956. The van der Waals surface area contributed by atoms with Crippen molar-refractivity contribution in [2.75, 3.05) is 32.0 Å². The lowest BCUT2D eigenvalue weighted by Gasteiger charge is -2.28. The van der Waals surface area contributed by atoms with Crippen LogP contribution in [0.2, 0.25) is 5.15 Å². The van der Waals surface area contributed by atoms with Crippen molar-refractivity contribution in [1.29, 1.82) is 0 Å². The number of hydrogen-bond donors (Lipinski definition) is 1. The van der Waals surface area contributed by atoms with Gasteiger partial charge in [0.05, 0.1) is 11.9 Å². The highest BCUT2D eigenvalue weighted by molar-refractivity contribution is 6.29. The van der Waals surface area contributed by atoms with Crippen LogP contribution in [0.4, 0.5) is 5.69 Å². The van der Waals surface area contributed by atoms with Crippen LogP contribution < -0.4 is 5.32 Å². The van der Waals surface area contributed by atoms with Crippen LogP contribution >= 0.6 is 11.6 Å². The van der Waals surface area contributed by atoms with E-state index in [9.17, 15) is 0 Å². The van der Waals surface area contributed by atoms with Gasteiger partial charge in [-0.3, -0.25) is 0 Å². The molecule has 0 radical (unpaired) electrons. The van der Waals surface area contributed by atoms with Gasteiger partial charge in [0.2, 0.25) is 0 Å². The zero-order chi connectivity index (χ0) is 12.1. The SMILES string of the molecule is CN1CCC(CCNc2cnnc(Cl)c2)CC1.